The molecule has 1 fully saturated rings. The van der Waals surface area contributed by atoms with Crippen molar-refractivity contribution in [1.82, 2.24) is 5.32 Å². The summed E-state index contributed by atoms with van der Waals surface area (Å²) in [5, 5.41) is 6.00. The maximum Gasteiger partial charge on any atom is 0.239 e. The van der Waals surface area contributed by atoms with Gasteiger partial charge in [0.15, 0.2) is 0 Å². The van der Waals surface area contributed by atoms with E-state index in [0.29, 0.717) is 12.5 Å². The van der Waals surface area contributed by atoms with Crippen LogP contribution in [-0.2, 0) is 4.79 Å². The van der Waals surface area contributed by atoms with Gasteiger partial charge < -0.3 is 15.4 Å². The van der Waals surface area contributed by atoms with Gasteiger partial charge in [0.25, 0.3) is 0 Å². The molecule has 0 radical (unpaired) electrons. The monoisotopic (exact) mass is 312 g/mol. The third-order valence-electron chi connectivity index (χ3n) is 2.89. The largest absolute Gasteiger partial charge is 0.496 e. The van der Waals surface area contributed by atoms with Gasteiger partial charge in [-0.25, -0.2) is 0 Å². The SMILES string of the molecule is COc1ccc(NCC(=O)NCC2CC2)cc1Br. The smallest absolute Gasteiger partial charge is 0.239 e. The zero-order chi connectivity index (χ0) is 13.0. The molecular formula is C13H17BrN2O2. The normalized spacial score (nSPS) is 14.1. The highest BCUT2D eigenvalue weighted by molar-refractivity contribution is 9.10. The van der Waals surface area contributed by atoms with Gasteiger partial charge in [0.2, 0.25) is 5.91 Å². The third-order valence-corrected chi connectivity index (χ3v) is 3.51. The number of anilines is 1. The van der Waals surface area contributed by atoms with E-state index in [9.17, 15) is 4.79 Å². The standard InChI is InChI=1S/C13H17BrN2O2/c1-18-12-5-4-10(6-11(12)14)15-8-13(17)16-7-9-2-3-9/h4-6,9,15H,2-3,7-8H2,1H3,(H,16,17). The molecule has 1 aromatic rings. The van der Waals surface area contributed by atoms with Gasteiger partial charge in [0.05, 0.1) is 18.1 Å². The van der Waals surface area contributed by atoms with Crippen molar-refractivity contribution in [1.29, 1.82) is 0 Å². The molecular weight excluding hydrogens is 296 g/mol. The van der Waals surface area contributed by atoms with Gasteiger partial charge in [-0.2, -0.15) is 0 Å². The fourth-order valence-corrected chi connectivity index (χ4v) is 2.14. The second-order valence-electron chi connectivity index (χ2n) is 4.45. The van der Waals surface area contributed by atoms with Gasteiger partial charge in [0, 0.05) is 12.2 Å². The Labute approximate surface area is 115 Å². The quantitative estimate of drug-likeness (QED) is 0.848. The molecule has 1 aromatic carbocycles. The van der Waals surface area contributed by atoms with Crippen LogP contribution in [0.5, 0.6) is 5.75 Å². The summed E-state index contributed by atoms with van der Waals surface area (Å²) in [5.74, 6) is 1.52. The number of hydrogen-bond donors (Lipinski definition) is 2. The van der Waals surface area contributed by atoms with Gasteiger partial charge in [0.1, 0.15) is 5.75 Å². The number of nitrogens with one attached hydrogen (secondary N) is 2. The van der Waals surface area contributed by atoms with E-state index in [4.69, 9.17) is 4.74 Å². The van der Waals surface area contributed by atoms with E-state index in [2.05, 4.69) is 26.6 Å². The lowest BCUT2D eigenvalue weighted by atomic mass is 10.3. The molecule has 2 N–H and O–H groups in total. The zero-order valence-corrected chi connectivity index (χ0v) is 11.9. The van der Waals surface area contributed by atoms with Gasteiger partial charge in [-0.15, -0.1) is 0 Å². The Hall–Kier alpha value is -1.23. The molecule has 0 aliphatic heterocycles. The maximum atomic E-state index is 11.5. The van der Waals surface area contributed by atoms with Crippen molar-refractivity contribution >= 4 is 27.5 Å². The van der Waals surface area contributed by atoms with Crippen LogP contribution in [0.25, 0.3) is 0 Å². The molecule has 98 valence electrons. The van der Waals surface area contributed by atoms with E-state index >= 15 is 0 Å². The van der Waals surface area contributed by atoms with Crippen LogP contribution in [0.2, 0.25) is 0 Å². The fraction of sp³-hybridized carbons (Fsp3) is 0.462. The Morgan fingerprint density at radius 2 is 2.28 bits per heavy atom. The lowest BCUT2D eigenvalue weighted by Crippen LogP contribution is -2.31. The van der Waals surface area contributed by atoms with Crippen LogP contribution >= 0.6 is 15.9 Å². The van der Waals surface area contributed by atoms with Crippen molar-refractivity contribution in [2.75, 3.05) is 25.5 Å². The molecule has 1 aliphatic carbocycles. The summed E-state index contributed by atoms with van der Waals surface area (Å²) in [7, 11) is 1.62. The van der Waals surface area contributed by atoms with E-state index < -0.39 is 0 Å². The Bertz CT molecular complexity index is 433. The molecule has 0 spiro atoms. The highest BCUT2D eigenvalue weighted by atomic mass is 79.9. The number of methoxy groups -OCH3 is 1. The molecule has 0 bridgehead atoms. The summed E-state index contributed by atoms with van der Waals surface area (Å²) in [6, 6.07) is 5.64. The van der Waals surface area contributed by atoms with E-state index in [-0.39, 0.29) is 5.91 Å². The molecule has 5 heteroatoms. The first kappa shape index (κ1) is 13.2. The molecule has 0 saturated heterocycles. The summed E-state index contributed by atoms with van der Waals surface area (Å²) in [6.45, 7) is 1.11. The molecule has 1 amide bonds. The van der Waals surface area contributed by atoms with Crippen LogP contribution in [0.3, 0.4) is 0 Å². The first-order chi connectivity index (χ1) is 8.69. The average molecular weight is 313 g/mol. The number of benzene rings is 1. The zero-order valence-electron chi connectivity index (χ0n) is 10.3. The summed E-state index contributed by atoms with van der Waals surface area (Å²) in [5.41, 5.74) is 0.893. The molecule has 4 nitrogen and oxygen atoms in total. The minimum atomic E-state index is 0.0360. The molecule has 0 aromatic heterocycles. The Kier molecular flexibility index (Phi) is 4.47. The van der Waals surface area contributed by atoms with Crippen LogP contribution < -0.4 is 15.4 Å². The van der Waals surface area contributed by atoms with E-state index in [1.807, 2.05) is 18.2 Å². The van der Waals surface area contributed by atoms with Gasteiger partial charge in [-0.05, 0) is 52.9 Å². The van der Waals surface area contributed by atoms with Crippen LogP contribution in [0.15, 0.2) is 22.7 Å². The third kappa shape index (κ3) is 3.91. The minimum absolute atomic E-state index is 0.0360. The molecule has 0 atom stereocenters. The highest BCUT2D eigenvalue weighted by Gasteiger charge is 2.21. The molecule has 18 heavy (non-hydrogen) atoms. The lowest BCUT2D eigenvalue weighted by Gasteiger charge is -2.09. The van der Waals surface area contributed by atoms with Crippen molar-refractivity contribution in [2.45, 2.75) is 12.8 Å². The second kappa shape index (κ2) is 6.09. The summed E-state index contributed by atoms with van der Waals surface area (Å²) < 4.78 is 6.01. The van der Waals surface area contributed by atoms with Crippen molar-refractivity contribution in [3.8, 4) is 5.75 Å². The topological polar surface area (TPSA) is 50.4 Å². The Balaban J connectivity index is 1.77. The second-order valence-corrected chi connectivity index (χ2v) is 5.30. The number of hydrogen-bond acceptors (Lipinski definition) is 3. The molecule has 0 unspecified atom stereocenters. The number of carbonyl (C=O) groups excluding carboxylic acids is 1. The van der Waals surface area contributed by atoms with Crippen LogP contribution in [0.1, 0.15) is 12.8 Å². The van der Waals surface area contributed by atoms with Crippen molar-refractivity contribution in [3.63, 3.8) is 0 Å². The predicted molar refractivity (Wildman–Crippen MR) is 74.9 cm³/mol. The van der Waals surface area contributed by atoms with E-state index in [1.54, 1.807) is 7.11 Å². The molecule has 2 rings (SSSR count). The Morgan fingerprint density at radius 1 is 1.50 bits per heavy atom. The number of amides is 1. The van der Waals surface area contributed by atoms with Gasteiger partial charge in [-0.3, -0.25) is 4.79 Å². The lowest BCUT2D eigenvalue weighted by molar-refractivity contribution is -0.119. The summed E-state index contributed by atoms with van der Waals surface area (Å²) in [6.07, 6.45) is 2.50. The number of carbonyl (C=O) groups is 1. The highest BCUT2D eigenvalue weighted by Crippen LogP contribution is 2.28. The predicted octanol–water partition coefficient (Wildman–Crippen LogP) is 2.40. The van der Waals surface area contributed by atoms with Crippen molar-refractivity contribution in [3.05, 3.63) is 22.7 Å². The first-order valence-corrected chi connectivity index (χ1v) is 6.82. The van der Waals surface area contributed by atoms with Gasteiger partial charge in [-0.1, -0.05) is 0 Å². The van der Waals surface area contributed by atoms with Crippen molar-refractivity contribution in [2.24, 2.45) is 5.92 Å². The number of ether oxygens (including phenoxy) is 1. The van der Waals surface area contributed by atoms with E-state index in [1.165, 1.54) is 12.8 Å². The average Bonchev–Trinajstić information content (AvgIpc) is 3.18. The van der Waals surface area contributed by atoms with Crippen LogP contribution in [-0.4, -0.2) is 26.1 Å². The van der Waals surface area contributed by atoms with Gasteiger partial charge >= 0.3 is 0 Å². The first-order valence-electron chi connectivity index (χ1n) is 6.03. The van der Waals surface area contributed by atoms with Crippen molar-refractivity contribution < 1.29 is 9.53 Å². The number of rotatable bonds is 6. The summed E-state index contributed by atoms with van der Waals surface area (Å²) >= 11 is 3.41. The Morgan fingerprint density at radius 3 is 2.89 bits per heavy atom. The summed E-state index contributed by atoms with van der Waals surface area (Å²) in [4.78, 5) is 11.5. The molecule has 1 aliphatic rings. The molecule has 0 heterocycles. The van der Waals surface area contributed by atoms with E-state index in [0.717, 1.165) is 22.5 Å². The fourth-order valence-electron chi connectivity index (χ4n) is 1.60. The maximum absolute atomic E-state index is 11.5. The van der Waals surface area contributed by atoms with Crippen LogP contribution in [0.4, 0.5) is 5.69 Å². The minimum Gasteiger partial charge on any atom is -0.496 e. The molecule has 1 saturated carbocycles. The van der Waals surface area contributed by atoms with Crippen LogP contribution in [0, 0.1) is 5.92 Å². The number of halogens is 1.